The molecule has 12 N–H and O–H groups in total. The summed E-state index contributed by atoms with van der Waals surface area (Å²) in [7, 11) is 0. The number of hydrogen-bond acceptors (Lipinski definition) is 20. The first-order valence-corrected chi connectivity index (χ1v) is 18.4. The Morgan fingerprint density at radius 1 is 0.724 bits per heavy atom. The van der Waals surface area contributed by atoms with Gasteiger partial charge in [-0.15, -0.1) is 0 Å². The first-order valence-electron chi connectivity index (χ1n) is 18.4. The number of allylic oxidation sites excluding steroid dienone is 2. The summed E-state index contributed by atoms with van der Waals surface area (Å²) in [6.45, 7) is 3.47. The molecule has 0 bridgehead atoms. The summed E-state index contributed by atoms with van der Waals surface area (Å²) in [5.74, 6) is -1.99. The molecule has 3 aliphatic heterocycles. The van der Waals surface area contributed by atoms with Gasteiger partial charge in [-0.3, -0.25) is 4.79 Å². The topological polar surface area (TPSA) is 328 Å². The second-order valence-electron chi connectivity index (χ2n) is 14.6. The molecule has 0 spiro atoms. The molecule has 3 fully saturated rings. The Morgan fingerprint density at radius 3 is 1.86 bits per heavy atom. The second kappa shape index (κ2) is 17.7. The van der Waals surface area contributed by atoms with Crippen LogP contribution in [0.4, 0.5) is 0 Å². The summed E-state index contributed by atoms with van der Waals surface area (Å²) in [6.07, 6.45) is -23.3. The van der Waals surface area contributed by atoms with Crippen LogP contribution >= 0.6 is 0 Å². The third-order valence-electron chi connectivity index (χ3n) is 10.3. The van der Waals surface area contributed by atoms with Crippen LogP contribution in [0.1, 0.15) is 26.3 Å². The van der Waals surface area contributed by atoms with Gasteiger partial charge in [0, 0.05) is 17.2 Å². The SMILES string of the molecule is CC(C)=CCc1c(O[C@@H]2O[C@@H](CO)[C@@H](O)[C@H](O)[C@H]2O)cc(O)c2c(=O)c(O[C@H]3O[C@@H](C)[C@@H](O[C@H]4O[C@@H](CO)[C@@H](O)[C@H](O)[C@H]4O)[C@@H](O)[C@H]3O)c(-c3ccc(O)cc3)oc12. The first-order chi connectivity index (χ1) is 27.5. The number of phenolic OH excluding ortho intramolecular Hbond substituents is 2. The molecular weight excluding hydrogens is 776 g/mol. The Kier molecular flexibility index (Phi) is 13.3. The van der Waals surface area contributed by atoms with Crippen LogP contribution < -0.4 is 14.9 Å². The smallest absolute Gasteiger partial charge is 0.239 e. The second-order valence-corrected chi connectivity index (χ2v) is 14.6. The van der Waals surface area contributed by atoms with Crippen LogP contribution in [0.3, 0.4) is 0 Å². The number of fused-ring (bicyclic) bond motifs is 1. The molecule has 320 valence electrons. The van der Waals surface area contributed by atoms with E-state index in [9.17, 15) is 66.1 Å². The van der Waals surface area contributed by atoms with Gasteiger partial charge in [0.15, 0.2) is 12.1 Å². The predicted octanol–water partition coefficient (Wildman–Crippen LogP) is -2.41. The van der Waals surface area contributed by atoms with Crippen LogP contribution in [0.5, 0.6) is 23.0 Å². The number of aromatic hydroxyl groups is 2. The molecule has 2 aromatic carbocycles. The summed E-state index contributed by atoms with van der Waals surface area (Å²) in [5, 5.41) is 125. The Bertz CT molecular complexity index is 1980. The molecule has 0 radical (unpaired) electrons. The van der Waals surface area contributed by atoms with E-state index in [0.717, 1.165) is 11.6 Å². The Balaban J connectivity index is 1.40. The van der Waals surface area contributed by atoms with Crippen LogP contribution in [0.25, 0.3) is 22.3 Å². The fourth-order valence-corrected chi connectivity index (χ4v) is 6.91. The molecule has 0 unspecified atom stereocenters. The van der Waals surface area contributed by atoms with Crippen LogP contribution in [-0.4, -0.2) is 167 Å². The fourth-order valence-electron chi connectivity index (χ4n) is 6.91. The highest BCUT2D eigenvalue weighted by molar-refractivity contribution is 5.91. The van der Waals surface area contributed by atoms with Crippen LogP contribution in [-0.2, 0) is 25.4 Å². The summed E-state index contributed by atoms with van der Waals surface area (Å²) in [5.41, 5.74) is -0.171. The summed E-state index contributed by atoms with van der Waals surface area (Å²) < 4.78 is 40.7. The van der Waals surface area contributed by atoms with Crippen molar-refractivity contribution in [1.82, 2.24) is 0 Å². The third-order valence-corrected chi connectivity index (χ3v) is 10.3. The van der Waals surface area contributed by atoms with Crippen LogP contribution in [0.15, 0.2) is 51.2 Å². The van der Waals surface area contributed by atoms with Crippen molar-refractivity contribution in [3.8, 4) is 34.3 Å². The minimum Gasteiger partial charge on any atom is -0.508 e. The van der Waals surface area contributed by atoms with Crippen molar-refractivity contribution in [2.24, 2.45) is 0 Å². The number of phenols is 2. The minimum atomic E-state index is -1.98. The van der Waals surface area contributed by atoms with Gasteiger partial charge in [-0.05, 0) is 51.5 Å². The summed E-state index contributed by atoms with van der Waals surface area (Å²) in [4.78, 5) is 14.5. The van der Waals surface area contributed by atoms with E-state index in [4.69, 9.17) is 32.8 Å². The van der Waals surface area contributed by atoms with Gasteiger partial charge in [-0.2, -0.15) is 0 Å². The predicted molar refractivity (Wildman–Crippen MR) is 194 cm³/mol. The maximum absolute atomic E-state index is 14.5. The lowest BCUT2D eigenvalue weighted by molar-refractivity contribution is -0.348. The number of aliphatic hydroxyl groups is 10. The molecule has 3 saturated heterocycles. The van der Waals surface area contributed by atoms with Gasteiger partial charge in [-0.1, -0.05) is 11.6 Å². The quantitative estimate of drug-likeness (QED) is 0.0896. The standard InChI is InChI=1S/C38H48O20/c1-13(2)4-9-17-19(53-37-29(49)26(46)23(43)20(11-39)54-37)10-18(42)22-25(45)35(33(56-34(17)22)15-5-7-16(41)8-6-15)58-36-31(51)28(48)32(14(3)52-36)57-38-30(50)27(47)24(44)21(12-40)55-38/h4-8,10,14,20-21,23-24,26-32,36-44,46-51H,9,11-12H2,1-3H3/t14-,20-,21-,23+,24+,26-,27-,28-,29+,30+,31+,32+,36+,37+,38+/m0/s1. The third kappa shape index (κ3) is 8.40. The lowest BCUT2D eigenvalue weighted by atomic mass is 9.97. The molecule has 0 amide bonds. The zero-order valence-electron chi connectivity index (χ0n) is 31.4. The molecule has 1 aromatic heterocycles. The van der Waals surface area contributed by atoms with Gasteiger partial charge in [0.25, 0.3) is 0 Å². The van der Waals surface area contributed by atoms with E-state index in [-0.39, 0.29) is 40.4 Å². The first kappa shape index (κ1) is 43.6. The van der Waals surface area contributed by atoms with Gasteiger partial charge in [0.1, 0.15) is 95.4 Å². The van der Waals surface area contributed by atoms with Crippen LogP contribution in [0.2, 0.25) is 0 Å². The highest BCUT2D eigenvalue weighted by Crippen LogP contribution is 2.42. The normalized spacial score (nSPS) is 35.4. The monoisotopic (exact) mass is 824 g/mol. The van der Waals surface area contributed by atoms with Gasteiger partial charge < -0.3 is 94.1 Å². The zero-order chi connectivity index (χ0) is 42.3. The number of benzene rings is 2. The van der Waals surface area contributed by atoms with E-state index in [1.807, 2.05) is 0 Å². The summed E-state index contributed by atoms with van der Waals surface area (Å²) >= 11 is 0. The van der Waals surface area contributed by atoms with E-state index in [1.54, 1.807) is 19.9 Å². The maximum Gasteiger partial charge on any atom is 0.239 e. The van der Waals surface area contributed by atoms with Gasteiger partial charge in [0.05, 0.1) is 19.3 Å². The van der Waals surface area contributed by atoms with Crippen molar-refractivity contribution in [3.63, 3.8) is 0 Å². The van der Waals surface area contributed by atoms with Crippen LogP contribution in [0, 0.1) is 0 Å². The lowest BCUT2D eigenvalue weighted by Crippen LogP contribution is -2.64. The van der Waals surface area contributed by atoms with Crippen molar-refractivity contribution < 1.29 is 94.1 Å². The molecule has 6 rings (SSSR count). The van der Waals surface area contributed by atoms with E-state index in [2.05, 4.69) is 0 Å². The minimum absolute atomic E-state index is 0.00593. The Labute approximate surface area is 329 Å². The van der Waals surface area contributed by atoms with Gasteiger partial charge in [0.2, 0.25) is 23.8 Å². The van der Waals surface area contributed by atoms with Crippen molar-refractivity contribution in [2.45, 2.75) is 119 Å². The van der Waals surface area contributed by atoms with E-state index < -0.39 is 128 Å². The molecule has 3 aliphatic rings. The molecule has 4 heterocycles. The number of aliphatic hydroxyl groups excluding tert-OH is 10. The molecule has 0 aliphatic carbocycles. The number of hydrogen-bond donors (Lipinski definition) is 12. The van der Waals surface area contributed by atoms with Crippen molar-refractivity contribution in [2.75, 3.05) is 13.2 Å². The largest absolute Gasteiger partial charge is 0.508 e. The average molecular weight is 825 g/mol. The molecule has 0 saturated carbocycles. The molecule has 20 heteroatoms. The van der Waals surface area contributed by atoms with E-state index in [1.165, 1.54) is 31.2 Å². The zero-order valence-corrected chi connectivity index (χ0v) is 31.4. The van der Waals surface area contributed by atoms with Crippen molar-refractivity contribution in [1.29, 1.82) is 0 Å². The molecule has 58 heavy (non-hydrogen) atoms. The highest BCUT2D eigenvalue weighted by atomic mass is 16.7. The molecule has 20 nitrogen and oxygen atoms in total. The van der Waals surface area contributed by atoms with Crippen molar-refractivity contribution in [3.05, 3.63) is 57.8 Å². The van der Waals surface area contributed by atoms with Gasteiger partial charge in [-0.25, -0.2) is 0 Å². The number of rotatable bonds is 11. The van der Waals surface area contributed by atoms with E-state index >= 15 is 0 Å². The highest BCUT2D eigenvalue weighted by Gasteiger charge is 2.51. The summed E-state index contributed by atoms with van der Waals surface area (Å²) in [6, 6.07) is 6.33. The van der Waals surface area contributed by atoms with E-state index in [0.29, 0.717) is 0 Å². The molecule has 3 aromatic rings. The Hall–Kier alpha value is -3.97. The van der Waals surface area contributed by atoms with Gasteiger partial charge >= 0.3 is 0 Å². The molecule has 15 atom stereocenters. The lowest BCUT2D eigenvalue weighted by Gasteiger charge is -2.45. The Morgan fingerprint density at radius 2 is 1.28 bits per heavy atom. The number of ether oxygens (including phenoxy) is 6. The van der Waals surface area contributed by atoms with Crippen molar-refractivity contribution >= 4 is 11.0 Å². The fraction of sp³-hybridized carbons (Fsp3) is 0.553. The molecular formula is C38H48O20. The maximum atomic E-state index is 14.5. The average Bonchev–Trinajstić information content (AvgIpc) is 3.19.